The number of hydrogen-bond donors (Lipinski definition) is 1. The first kappa shape index (κ1) is 20.2. The molecule has 30 heavy (non-hydrogen) atoms. The van der Waals surface area contributed by atoms with Crippen LogP contribution in [0, 0.1) is 0 Å². The van der Waals surface area contributed by atoms with E-state index in [0.29, 0.717) is 41.7 Å². The molecule has 1 aromatic carbocycles. The minimum atomic E-state index is -0.507. The molecule has 1 aromatic heterocycles. The molecule has 0 radical (unpaired) electrons. The van der Waals surface area contributed by atoms with Gasteiger partial charge in [0.05, 0.1) is 51.4 Å². The van der Waals surface area contributed by atoms with Crippen molar-refractivity contribution >= 4 is 5.71 Å². The Morgan fingerprint density at radius 2 is 1.87 bits per heavy atom. The molecule has 0 unspecified atom stereocenters. The molecular formula is C22H25N3O5. The number of rotatable bonds is 6. The zero-order chi connectivity index (χ0) is 21.3. The van der Waals surface area contributed by atoms with Crippen molar-refractivity contribution in [3.8, 4) is 23.4 Å². The van der Waals surface area contributed by atoms with Crippen LogP contribution in [0.15, 0.2) is 35.5 Å². The van der Waals surface area contributed by atoms with Gasteiger partial charge in [-0.2, -0.15) is 4.98 Å². The molecule has 0 amide bonds. The molecule has 2 aliphatic rings. The van der Waals surface area contributed by atoms with Crippen molar-refractivity contribution in [2.24, 2.45) is 4.99 Å². The second-order valence-corrected chi connectivity index (χ2v) is 7.07. The molecule has 0 bridgehead atoms. The molecule has 0 fully saturated rings. The van der Waals surface area contributed by atoms with Gasteiger partial charge >= 0.3 is 6.01 Å². The second-order valence-electron chi connectivity index (χ2n) is 7.07. The number of aliphatic imine (C=N–C) groups is 1. The number of methoxy groups -OCH3 is 3. The normalized spacial score (nSPS) is 21.9. The summed E-state index contributed by atoms with van der Waals surface area (Å²) in [6.45, 7) is 2.45. The van der Waals surface area contributed by atoms with Crippen molar-refractivity contribution in [1.29, 1.82) is 0 Å². The molecular weight excluding hydrogens is 386 g/mol. The van der Waals surface area contributed by atoms with Gasteiger partial charge in [-0.3, -0.25) is 4.99 Å². The van der Waals surface area contributed by atoms with E-state index in [2.05, 4.69) is 9.97 Å². The van der Waals surface area contributed by atoms with E-state index in [1.165, 1.54) is 7.11 Å². The average molecular weight is 411 g/mol. The van der Waals surface area contributed by atoms with E-state index in [1.807, 2.05) is 25.1 Å². The van der Waals surface area contributed by atoms with Gasteiger partial charge in [0, 0.05) is 17.7 Å². The van der Waals surface area contributed by atoms with E-state index in [-0.39, 0.29) is 18.0 Å². The van der Waals surface area contributed by atoms with Gasteiger partial charge in [0.1, 0.15) is 0 Å². The Morgan fingerprint density at radius 3 is 2.57 bits per heavy atom. The van der Waals surface area contributed by atoms with Gasteiger partial charge in [0.2, 0.25) is 5.88 Å². The highest BCUT2D eigenvalue weighted by atomic mass is 16.5. The molecule has 0 saturated carbocycles. The zero-order valence-corrected chi connectivity index (χ0v) is 17.5. The molecule has 1 aliphatic carbocycles. The summed E-state index contributed by atoms with van der Waals surface area (Å²) in [5.74, 6) is 1.68. The maximum atomic E-state index is 10.2. The largest absolute Gasteiger partial charge is 0.493 e. The van der Waals surface area contributed by atoms with Crippen LogP contribution >= 0.6 is 0 Å². The summed E-state index contributed by atoms with van der Waals surface area (Å²) in [5.41, 5.74) is 3.28. The highest BCUT2D eigenvalue weighted by Gasteiger charge is 2.36. The maximum absolute atomic E-state index is 10.2. The van der Waals surface area contributed by atoms with Crippen molar-refractivity contribution in [3.63, 3.8) is 0 Å². The van der Waals surface area contributed by atoms with E-state index in [1.54, 1.807) is 26.5 Å². The lowest BCUT2D eigenvalue weighted by atomic mass is 9.77. The number of benzene rings is 1. The summed E-state index contributed by atoms with van der Waals surface area (Å²) >= 11 is 0. The quantitative estimate of drug-likeness (QED) is 0.730. The Morgan fingerprint density at radius 1 is 1.03 bits per heavy atom. The number of aliphatic hydroxyl groups excluding tert-OH is 1. The van der Waals surface area contributed by atoms with Crippen molar-refractivity contribution in [1.82, 2.24) is 9.97 Å². The molecule has 8 heteroatoms. The topological polar surface area (TPSA) is 95.3 Å². The van der Waals surface area contributed by atoms with Gasteiger partial charge in [0.25, 0.3) is 0 Å². The van der Waals surface area contributed by atoms with Crippen LogP contribution in [0.2, 0.25) is 0 Å². The van der Waals surface area contributed by atoms with Crippen LogP contribution in [0.5, 0.6) is 23.4 Å². The predicted molar refractivity (Wildman–Crippen MR) is 111 cm³/mol. The van der Waals surface area contributed by atoms with Crippen LogP contribution in [0.4, 0.5) is 0 Å². The number of nitrogens with zero attached hydrogens (tertiary/aromatic N) is 3. The molecule has 8 nitrogen and oxygen atoms in total. The third kappa shape index (κ3) is 3.47. The van der Waals surface area contributed by atoms with Gasteiger partial charge in [-0.15, -0.1) is 0 Å². The number of hydrogen-bond acceptors (Lipinski definition) is 8. The summed E-state index contributed by atoms with van der Waals surface area (Å²) < 4.78 is 22.0. The minimum absolute atomic E-state index is 0.0269. The molecule has 158 valence electrons. The lowest BCUT2D eigenvalue weighted by molar-refractivity contribution is 0.190. The van der Waals surface area contributed by atoms with Gasteiger partial charge in [-0.05, 0) is 31.0 Å². The van der Waals surface area contributed by atoms with Gasteiger partial charge in [0.15, 0.2) is 11.5 Å². The van der Waals surface area contributed by atoms with Crippen molar-refractivity contribution in [3.05, 3.63) is 47.2 Å². The first-order valence-corrected chi connectivity index (χ1v) is 9.84. The Hall–Kier alpha value is -3.13. The van der Waals surface area contributed by atoms with Gasteiger partial charge in [-0.1, -0.05) is 12.2 Å². The minimum Gasteiger partial charge on any atom is -0.493 e. The molecule has 3 atom stereocenters. The number of fused-ring (bicyclic) bond motifs is 3. The monoisotopic (exact) mass is 411 g/mol. The number of aromatic nitrogens is 2. The molecule has 0 saturated heterocycles. The summed E-state index contributed by atoms with van der Waals surface area (Å²) in [7, 11) is 4.66. The summed E-state index contributed by atoms with van der Waals surface area (Å²) in [4.78, 5) is 13.6. The van der Waals surface area contributed by atoms with Crippen molar-refractivity contribution in [2.75, 3.05) is 27.9 Å². The zero-order valence-electron chi connectivity index (χ0n) is 17.5. The lowest BCUT2D eigenvalue weighted by Gasteiger charge is -2.34. The van der Waals surface area contributed by atoms with Crippen LogP contribution in [0.3, 0.4) is 0 Å². The highest BCUT2D eigenvalue weighted by molar-refractivity contribution is 6.16. The van der Waals surface area contributed by atoms with E-state index >= 15 is 0 Å². The van der Waals surface area contributed by atoms with Crippen molar-refractivity contribution in [2.45, 2.75) is 31.4 Å². The van der Waals surface area contributed by atoms with E-state index in [9.17, 15) is 5.11 Å². The Balaban J connectivity index is 1.93. The fourth-order valence-electron chi connectivity index (χ4n) is 4.01. The standard InChI is InChI=1S/C22H25N3O5/c1-5-30-19-9-13-14-8-12(26)6-7-17(14)24-20(15(13)10-18(19)27-2)16-11-23-22(29-4)25-21(16)28-3/h6-7,9-12,14,17,26H,5,8H2,1-4H3/t12-,14+,17+/m0/s1. The Bertz CT molecular complexity index is 1000. The highest BCUT2D eigenvalue weighted by Crippen LogP contribution is 2.44. The Labute approximate surface area is 175 Å². The van der Waals surface area contributed by atoms with Gasteiger partial charge < -0.3 is 24.1 Å². The summed E-state index contributed by atoms with van der Waals surface area (Å²) in [6, 6.07) is 4.01. The Kier molecular flexibility index (Phi) is 5.59. The van der Waals surface area contributed by atoms with Crippen LogP contribution in [-0.2, 0) is 0 Å². The van der Waals surface area contributed by atoms with Crippen LogP contribution in [0.1, 0.15) is 36.0 Å². The van der Waals surface area contributed by atoms with Crippen LogP contribution in [-0.4, -0.2) is 60.9 Å². The van der Waals surface area contributed by atoms with Crippen LogP contribution in [0.25, 0.3) is 0 Å². The van der Waals surface area contributed by atoms with Crippen molar-refractivity contribution < 1.29 is 24.1 Å². The predicted octanol–water partition coefficient (Wildman–Crippen LogP) is 2.53. The fraction of sp³-hybridized carbons (Fsp3) is 0.409. The number of aliphatic hydroxyl groups is 1. The fourth-order valence-corrected chi connectivity index (χ4v) is 4.01. The molecule has 2 heterocycles. The molecule has 2 aromatic rings. The number of ether oxygens (including phenoxy) is 4. The molecule has 0 spiro atoms. The van der Waals surface area contributed by atoms with Gasteiger partial charge in [-0.25, -0.2) is 4.98 Å². The van der Waals surface area contributed by atoms with Crippen LogP contribution < -0.4 is 18.9 Å². The first-order chi connectivity index (χ1) is 14.6. The first-order valence-electron chi connectivity index (χ1n) is 9.84. The molecule has 4 rings (SSSR count). The maximum Gasteiger partial charge on any atom is 0.319 e. The van der Waals surface area contributed by atoms with E-state index in [0.717, 1.165) is 11.1 Å². The summed E-state index contributed by atoms with van der Waals surface area (Å²) in [6.07, 6.45) is 5.47. The molecule has 1 N–H and O–H groups in total. The smallest absolute Gasteiger partial charge is 0.319 e. The van der Waals surface area contributed by atoms with E-state index in [4.69, 9.17) is 23.9 Å². The SMILES string of the molecule is CCOc1cc2c(cc1OC)C(c1cnc(OC)nc1OC)=N[C@@H]1C=C[C@H](O)C[C@H]21. The second kappa shape index (κ2) is 8.31. The lowest BCUT2D eigenvalue weighted by Crippen LogP contribution is -2.31. The third-order valence-corrected chi connectivity index (χ3v) is 5.37. The third-order valence-electron chi connectivity index (χ3n) is 5.37. The van der Waals surface area contributed by atoms with E-state index < -0.39 is 6.10 Å². The molecule has 1 aliphatic heterocycles. The average Bonchev–Trinajstić information content (AvgIpc) is 2.78. The summed E-state index contributed by atoms with van der Waals surface area (Å²) in [5, 5.41) is 10.2.